The van der Waals surface area contributed by atoms with Crippen molar-refractivity contribution < 1.29 is 0 Å². The van der Waals surface area contributed by atoms with Crippen molar-refractivity contribution in [2.45, 2.75) is 32.7 Å². The Bertz CT molecular complexity index is 365. The molecule has 82 valence electrons. The number of hydrogen-bond acceptors (Lipinski definition) is 3. The summed E-state index contributed by atoms with van der Waals surface area (Å²) in [6.07, 6.45) is 5.51. The van der Waals surface area contributed by atoms with E-state index in [9.17, 15) is 0 Å². The summed E-state index contributed by atoms with van der Waals surface area (Å²) in [6, 6.07) is 0. The Morgan fingerprint density at radius 2 is 2.33 bits per heavy atom. The second-order valence-corrected chi connectivity index (χ2v) is 4.02. The summed E-state index contributed by atoms with van der Waals surface area (Å²) >= 11 is 0. The van der Waals surface area contributed by atoms with Gasteiger partial charge in [0.25, 0.3) is 0 Å². The van der Waals surface area contributed by atoms with Crippen LogP contribution in [0.3, 0.4) is 0 Å². The van der Waals surface area contributed by atoms with E-state index in [-0.39, 0.29) is 0 Å². The van der Waals surface area contributed by atoms with E-state index in [1.54, 1.807) is 0 Å². The molecule has 4 heteroatoms. The van der Waals surface area contributed by atoms with Gasteiger partial charge in [-0.25, -0.2) is 0 Å². The first-order chi connectivity index (χ1) is 7.27. The third-order valence-electron chi connectivity index (χ3n) is 2.94. The van der Waals surface area contributed by atoms with Crippen LogP contribution in [0.15, 0.2) is 11.2 Å². The van der Waals surface area contributed by atoms with Gasteiger partial charge in [0.05, 0.1) is 12.0 Å². The van der Waals surface area contributed by atoms with Gasteiger partial charge >= 0.3 is 0 Å². The van der Waals surface area contributed by atoms with Crippen LogP contribution in [0.5, 0.6) is 0 Å². The Balaban J connectivity index is 1.92. The molecule has 0 bridgehead atoms. The molecule has 1 aliphatic heterocycles. The monoisotopic (exact) mass is 206 g/mol. The highest BCUT2D eigenvalue weighted by Crippen LogP contribution is 2.07. The van der Waals surface area contributed by atoms with E-state index in [1.807, 2.05) is 17.9 Å². The van der Waals surface area contributed by atoms with E-state index in [4.69, 9.17) is 0 Å². The molecule has 1 N–H and O–H groups in total. The second kappa shape index (κ2) is 4.47. The largest absolute Gasteiger partial charge is 0.370 e. The first-order valence-electron chi connectivity index (χ1n) is 5.52. The van der Waals surface area contributed by atoms with Crippen molar-refractivity contribution in [3.8, 4) is 0 Å². The molecule has 0 aliphatic carbocycles. The molecule has 0 saturated heterocycles. The van der Waals surface area contributed by atoms with Crippen LogP contribution in [0, 0.1) is 6.92 Å². The second-order valence-electron chi connectivity index (χ2n) is 4.02. The third kappa shape index (κ3) is 2.37. The van der Waals surface area contributed by atoms with Gasteiger partial charge in [-0.1, -0.05) is 0 Å². The molecule has 4 nitrogen and oxygen atoms in total. The van der Waals surface area contributed by atoms with Crippen molar-refractivity contribution in [1.29, 1.82) is 0 Å². The summed E-state index contributed by atoms with van der Waals surface area (Å²) in [6.45, 7) is 3.92. The molecule has 2 rings (SSSR count). The van der Waals surface area contributed by atoms with Crippen LogP contribution in [0.1, 0.15) is 30.5 Å². The molecule has 1 aromatic heterocycles. The van der Waals surface area contributed by atoms with Crippen LogP contribution in [0.4, 0.5) is 0 Å². The minimum atomic E-state index is 0.846. The smallest absolute Gasteiger partial charge is 0.0965 e. The highest BCUT2D eigenvalue weighted by Gasteiger charge is 2.07. The van der Waals surface area contributed by atoms with Gasteiger partial charge in [0, 0.05) is 37.8 Å². The topological polar surface area (TPSA) is 42.2 Å². The molecule has 0 radical (unpaired) electrons. The van der Waals surface area contributed by atoms with E-state index >= 15 is 0 Å². The van der Waals surface area contributed by atoms with Gasteiger partial charge in [0.15, 0.2) is 0 Å². The first kappa shape index (κ1) is 10.2. The van der Waals surface area contributed by atoms with Crippen molar-refractivity contribution in [3.63, 3.8) is 0 Å². The van der Waals surface area contributed by atoms with Gasteiger partial charge in [0.1, 0.15) is 0 Å². The van der Waals surface area contributed by atoms with E-state index in [1.165, 1.54) is 24.1 Å². The third-order valence-corrected chi connectivity index (χ3v) is 2.94. The Morgan fingerprint density at radius 3 is 2.93 bits per heavy atom. The average molecular weight is 206 g/mol. The fourth-order valence-corrected chi connectivity index (χ4v) is 1.76. The van der Waals surface area contributed by atoms with Crippen molar-refractivity contribution in [1.82, 2.24) is 15.1 Å². The Kier molecular flexibility index (Phi) is 3.04. The highest BCUT2D eigenvalue weighted by molar-refractivity contribution is 5.82. The van der Waals surface area contributed by atoms with Crippen molar-refractivity contribution in [3.05, 3.63) is 17.5 Å². The summed E-state index contributed by atoms with van der Waals surface area (Å²) in [7, 11) is 1.97. The number of hydrogen-bond donors (Lipinski definition) is 1. The van der Waals surface area contributed by atoms with E-state index in [0.717, 1.165) is 25.3 Å². The predicted octanol–water partition coefficient (Wildman–Crippen LogP) is 1.40. The maximum absolute atomic E-state index is 4.46. The van der Waals surface area contributed by atoms with Gasteiger partial charge in [-0.3, -0.25) is 9.67 Å². The summed E-state index contributed by atoms with van der Waals surface area (Å²) in [5, 5.41) is 7.61. The molecule has 2 heterocycles. The number of rotatable bonds is 2. The lowest BCUT2D eigenvalue weighted by Gasteiger charge is -2.13. The molecule has 0 saturated carbocycles. The van der Waals surface area contributed by atoms with Crippen LogP contribution in [-0.2, 0) is 13.6 Å². The minimum absolute atomic E-state index is 0.846. The standard InChI is InChI=1S/C11H18N4/c1-9-10(8-14-15(9)2)7-13-11-5-3-4-6-12-11/h8H,3-7H2,1-2H3,(H,12,13). The molecule has 0 atom stereocenters. The summed E-state index contributed by atoms with van der Waals surface area (Å²) in [4.78, 5) is 4.46. The predicted molar refractivity (Wildman–Crippen MR) is 60.9 cm³/mol. The number of aliphatic imine (C=N–C) groups is 1. The summed E-state index contributed by atoms with van der Waals surface area (Å²) in [5.74, 6) is 1.16. The zero-order valence-corrected chi connectivity index (χ0v) is 9.45. The maximum Gasteiger partial charge on any atom is 0.0965 e. The average Bonchev–Trinajstić information content (AvgIpc) is 2.59. The van der Waals surface area contributed by atoms with Crippen LogP contribution in [0.25, 0.3) is 0 Å². The fraction of sp³-hybridized carbons (Fsp3) is 0.636. The molecule has 0 unspecified atom stereocenters. The van der Waals surface area contributed by atoms with Gasteiger partial charge in [-0.05, 0) is 19.8 Å². The van der Waals surface area contributed by atoms with E-state index in [2.05, 4.69) is 22.3 Å². The quantitative estimate of drug-likeness (QED) is 0.794. The van der Waals surface area contributed by atoms with Crippen LogP contribution >= 0.6 is 0 Å². The lowest BCUT2D eigenvalue weighted by molar-refractivity contribution is 0.703. The van der Waals surface area contributed by atoms with Gasteiger partial charge in [-0.15, -0.1) is 0 Å². The van der Waals surface area contributed by atoms with Crippen molar-refractivity contribution >= 4 is 5.84 Å². The summed E-state index contributed by atoms with van der Waals surface area (Å²) < 4.78 is 1.90. The highest BCUT2D eigenvalue weighted by atomic mass is 15.3. The van der Waals surface area contributed by atoms with E-state index < -0.39 is 0 Å². The fourth-order valence-electron chi connectivity index (χ4n) is 1.76. The number of aryl methyl sites for hydroxylation is 1. The van der Waals surface area contributed by atoms with Crippen LogP contribution < -0.4 is 5.32 Å². The number of nitrogens with one attached hydrogen (secondary N) is 1. The van der Waals surface area contributed by atoms with Crippen molar-refractivity contribution in [2.24, 2.45) is 12.0 Å². The molecule has 0 amide bonds. The molecule has 1 aromatic rings. The van der Waals surface area contributed by atoms with Gasteiger partial charge in [-0.2, -0.15) is 5.10 Å². The number of amidine groups is 1. The minimum Gasteiger partial charge on any atom is -0.370 e. The van der Waals surface area contributed by atoms with E-state index in [0.29, 0.717) is 0 Å². The Labute approximate surface area is 90.4 Å². The molecular weight excluding hydrogens is 188 g/mol. The van der Waals surface area contributed by atoms with Crippen molar-refractivity contribution in [2.75, 3.05) is 6.54 Å². The normalized spacial score (nSPS) is 16.3. The lowest BCUT2D eigenvalue weighted by Crippen LogP contribution is -2.25. The summed E-state index contributed by atoms with van der Waals surface area (Å²) in [5.41, 5.74) is 2.48. The van der Waals surface area contributed by atoms with Crippen LogP contribution in [-0.4, -0.2) is 22.2 Å². The maximum atomic E-state index is 4.46. The lowest BCUT2D eigenvalue weighted by atomic mass is 10.2. The zero-order valence-electron chi connectivity index (χ0n) is 9.45. The van der Waals surface area contributed by atoms with Crippen LogP contribution in [0.2, 0.25) is 0 Å². The molecule has 1 aliphatic rings. The zero-order chi connectivity index (χ0) is 10.7. The molecule has 0 spiro atoms. The Morgan fingerprint density at radius 1 is 1.47 bits per heavy atom. The molecule has 0 fully saturated rings. The SMILES string of the molecule is Cc1c(CNC2=NCCCC2)cnn1C. The molecule has 15 heavy (non-hydrogen) atoms. The van der Waals surface area contributed by atoms with Gasteiger partial charge < -0.3 is 5.32 Å². The first-order valence-corrected chi connectivity index (χ1v) is 5.52. The number of nitrogens with zero attached hydrogens (tertiary/aromatic N) is 3. The number of aromatic nitrogens is 2. The molecular formula is C11H18N4. The van der Waals surface area contributed by atoms with Gasteiger partial charge in [0.2, 0.25) is 0 Å². The molecule has 0 aromatic carbocycles. The Hall–Kier alpha value is -1.32.